The number of rotatable bonds is 9. The van der Waals surface area contributed by atoms with Crippen molar-refractivity contribution in [2.45, 2.75) is 0 Å². The van der Waals surface area contributed by atoms with Gasteiger partial charge in [-0.05, 0) is 149 Å². The minimum atomic E-state index is -0.0351. The Morgan fingerprint density at radius 1 is 0.495 bits per heavy atom. The van der Waals surface area contributed by atoms with Gasteiger partial charge in [0, 0.05) is 59.6 Å². The molecule has 31 heteroatoms. The number of nitrogen functional groups attached to an aromatic ring is 1. The molecular formula is C60H46BrCl6N23O. The Morgan fingerprint density at radius 2 is 1.01 bits per heavy atom. The molecule has 0 radical (unpaired) electrons. The van der Waals surface area contributed by atoms with Crippen molar-refractivity contribution in [3.63, 3.8) is 0 Å². The van der Waals surface area contributed by atoms with Crippen molar-refractivity contribution in [2.75, 3.05) is 16.4 Å². The van der Waals surface area contributed by atoms with E-state index in [1.807, 2.05) is 97.6 Å². The molecule has 2 aromatic carbocycles. The lowest BCUT2D eigenvalue weighted by Crippen LogP contribution is -2.14. The molecule has 0 amide bonds. The van der Waals surface area contributed by atoms with E-state index in [9.17, 15) is 0 Å². The minimum absolute atomic E-state index is 0.0351. The monoisotopic (exact) mass is 1390 g/mol. The molecule has 0 bridgehead atoms. The second kappa shape index (κ2) is 35.9. The van der Waals surface area contributed by atoms with Crippen LogP contribution >= 0.6 is 85.5 Å². The lowest BCUT2D eigenvalue weighted by atomic mass is 10.3. The number of nitriles is 2. The molecule has 13 aromatic rings. The van der Waals surface area contributed by atoms with Gasteiger partial charge < -0.3 is 27.3 Å². The molecule has 91 heavy (non-hydrogen) atoms. The fraction of sp³-hybridized carbons (Fsp3) is 0. The van der Waals surface area contributed by atoms with Crippen LogP contribution < -0.4 is 22.1 Å². The standard InChI is InChI=1S/C15H13ClN6O.C15H10ClN5.C8H5BrClN3.C8H6ClN3.C6H5N3.C5H3Cl2N.C3H4N2/c16-10-1-4-13(5-2-10)22-9-12(8-19-22)20-11-3-6-14(18-7-11)15(17)21-23;16-11-1-5-15(6-2-11)21-10-14(9-19-21)20-13-4-3-12(7-17)18-8-13;9-6-3-12-13(5-6)8-2-1-7(10)4-11-8;9-7-2-3-8(10-6-7)12-5-1-4-11-12;7-3-6-2-1-5(8)4-9-6;6-4-1-2-5(7)8-3-4;1-2-4-5-3-1/h1-9,20,23H,(H2,17,21);1-6,8-10,20H;1-5H;1-6H;1-2,4H,8H2;1-3H;1-3H,(H,4,5). The van der Waals surface area contributed by atoms with Crippen LogP contribution in [0.25, 0.3) is 23.0 Å². The summed E-state index contributed by atoms with van der Waals surface area (Å²) in [6, 6.07) is 43.0. The number of nitrogens with zero attached hydrogens (tertiary/aromatic N) is 18. The van der Waals surface area contributed by atoms with Gasteiger partial charge in [0.05, 0.1) is 109 Å². The van der Waals surface area contributed by atoms with E-state index in [0.29, 0.717) is 53.0 Å². The van der Waals surface area contributed by atoms with Crippen LogP contribution in [0.5, 0.6) is 0 Å². The molecule has 11 aromatic heterocycles. The number of aromatic amines is 1. The maximum absolute atomic E-state index is 8.71. The smallest absolute Gasteiger partial charge is 0.188 e. The van der Waals surface area contributed by atoms with Crippen molar-refractivity contribution in [1.29, 1.82) is 10.5 Å². The van der Waals surface area contributed by atoms with Crippen LogP contribution in [0.1, 0.15) is 17.1 Å². The van der Waals surface area contributed by atoms with Crippen LogP contribution in [-0.2, 0) is 0 Å². The van der Waals surface area contributed by atoms with E-state index in [2.05, 4.69) is 92.2 Å². The van der Waals surface area contributed by atoms with Crippen LogP contribution in [-0.4, -0.2) is 90.3 Å². The lowest BCUT2D eigenvalue weighted by Gasteiger charge is -2.04. The zero-order valence-corrected chi connectivity index (χ0v) is 52.9. The van der Waals surface area contributed by atoms with Gasteiger partial charge >= 0.3 is 0 Å². The third-order valence-corrected chi connectivity index (χ3v) is 12.7. The van der Waals surface area contributed by atoms with Gasteiger partial charge in [0.1, 0.15) is 34.4 Å². The number of H-pyrrole nitrogens is 1. The summed E-state index contributed by atoms with van der Waals surface area (Å²) in [6.07, 6.45) is 27.0. The van der Waals surface area contributed by atoms with Gasteiger partial charge in [0.15, 0.2) is 17.5 Å². The molecule has 0 aliphatic rings. The average Bonchev–Trinajstić information content (AvgIpc) is 2.82. The van der Waals surface area contributed by atoms with Crippen molar-refractivity contribution in [1.82, 2.24) is 79.2 Å². The summed E-state index contributed by atoms with van der Waals surface area (Å²) in [4.78, 5) is 23.7. The molecule has 0 unspecified atom stereocenters. The number of nitrogens with two attached hydrogens (primary N) is 2. The molecular weight excluding hydrogens is 1350 g/mol. The van der Waals surface area contributed by atoms with Gasteiger partial charge in [-0.3, -0.25) is 10.1 Å². The van der Waals surface area contributed by atoms with Gasteiger partial charge in [0.25, 0.3) is 0 Å². The van der Waals surface area contributed by atoms with E-state index in [1.54, 1.807) is 153 Å². The molecule has 456 valence electrons. The Hall–Kier alpha value is -10.7. The molecule has 13 rings (SSSR count). The largest absolute Gasteiger partial charge is 0.409 e. The summed E-state index contributed by atoms with van der Waals surface area (Å²) in [5.41, 5.74) is 17.6. The third-order valence-electron chi connectivity index (χ3n) is 10.9. The number of pyridine rings is 6. The second-order valence-corrected chi connectivity index (χ2v) is 20.9. The number of anilines is 5. The van der Waals surface area contributed by atoms with Crippen LogP contribution in [0.15, 0.2) is 242 Å². The van der Waals surface area contributed by atoms with Crippen LogP contribution in [0, 0.1) is 22.7 Å². The highest BCUT2D eigenvalue weighted by Gasteiger charge is 2.06. The first-order valence-corrected chi connectivity index (χ1v) is 28.9. The van der Waals surface area contributed by atoms with Crippen molar-refractivity contribution < 1.29 is 5.21 Å². The molecule has 0 aliphatic carbocycles. The van der Waals surface area contributed by atoms with Crippen LogP contribution in [0.2, 0.25) is 30.3 Å². The predicted molar refractivity (Wildman–Crippen MR) is 356 cm³/mol. The summed E-state index contributed by atoms with van der Waals surface area (Å²) < 4.78 is 7.74. The fourth-order valence-corrected chi connectivity index (χ4v) is 7.65. The number of hydrogen-bond acceptors (Lipinski definition) is 18. The summed E-state index contributed by atoms with van der Waals surface area (Å²) >= 11 is 37.4. The lowest BCUT2D eigenvalue weighted by molar-refractivity contribution is 0.318. The Labute approximate surface area is 557 Å². The molecule has 0 aliphatic heterocycles. The highest BCUT2D eigenvalue weighted by Crippen LogP contribution is 2.21. The maximum Gasteiger partial charge on any atom is 0.188 e. The van der Waals surface area contributed by atoms with Crippen molar-refractivity contribution in [2.24, 2.45) is 10.9 Å². The first-order chi connectivity index (χ1) is 44.1. The number of oxime groups is 1. The van der Waals surface area contributed by atoms with Gasteiger partial charge in [0.2, 0.25) is 0 Å². The Kier molecular flexibility index (Phi) is 26.7. The Balaban J connectivity index is 0.000000158. The number of aromatic nitrogens is 16. The molecule has 0 fully saturated rings. The van der Waals surface area contributed by atoms with Crippen molar-refractivity contribution in [3.8, 4) is 35.1 Å². The Morgan fingerprint density at radius 3 is 1.40 bits per heavy atom. The van der Waals surface area contributed by atoms with Crippen LogP contribution in [0.3, 0.4) is 0 Å². The zero-order valence-electron chi connectivity index (χ0n) is 46.7. The summed E-state index contributed by atoms with van der Waals surface area (Å²) in [6.45, 7) is 0. The number of amidine groups is 1. The quantitative estimate of drug-likeness (QED) is 0.0257. The van der Waals surface area contributed by atoms with Gasteiger partial charge in [-0.2, -0.15) is 36.0 Å². The minimum Gasteiger partial charge on any atom is -0.409 e. The first kappa shape index (κ1) is 67.8. The Bertz CT molecular complexity index is 4300. The van der Waals surface area contributed by atoms with Crippen molar-refractivity contribution in [3.05, 3.63) is 284 Å². The normalized spacial score (nSPS) is 10.1. The number of halogens is 7. The van der Waals surface area contributed by atoms with E-state index in [1.165, 1.54) is 12.4 Å². The zero-order chi connectivity index (χ0) is 64.7. The highest BCUT2D eigenvalue weighted by atomic mass is 79.9. The van der Waals surface area contributed by atoms with Gasteiger partial charge in [-0.1, -0.05) is 74.8 Å². The number of nitrogens with one attached hydrogen (secondary N) is 3. The number of hydrogen-bond donors (Lipinski definition) is 6. The molecule has 0 atom stereocenters. The summed E-state index contributed by atoms with van der Waals surface area (Å²) in [7, 11) is 0. The molecule has 0 saturated carbocycles. The molecule has 24 nitrogen and oxygen atoms in total. The molecule has 0 saturated heterocycles. The highest BCUT2D eigenvalue weighted by molar-refractivity contribution is 9.10. The summed E-state index contributed by atoms with van der Waals surface area (Å²) in [5, 5.41) is 61.4. The van der Waals surface area contributed by atoms with Gasteiger partial charge in [-0.15, -0.1) is 0 Å². The second-order valence-electron chi connectivity index (χ2n) is 17.4. The van der Waals surface area contributed by atoms with E-state index < -0.39 is 0 Å². The predicted octanol–water partition coefficient (Wildman–Crippen LogP) is 14.2. The van der Waals surface area contributed by atoms with E-state index in [-0.39, 0.29) is 5.84 Å². The van der Waals surface area contributed by atoms with Crippen LogP contribution in [0.4, 0.5) is 28.4 Å². The molecule has 11 heterocycles. The average molecular weight is 1400 g/mol. The van der Waals surface area contributed by atoms with E-state index in [0.717, 1.165) is 50.2 Å². The SMILES string of the molecule is Clc1ccc(-n2cc(Br)cn2)nc1.Clc1ccc(-n2cccn2)nc1.Clc1ccc(Cl)nc1.N#Cc1ccc(N)cn1.N#Cc1ccc(Nc2cnn(-c3ccc(Cl)cc3)c2)cn1.N/C(=N\O)c1ccc(Nc2cnn(-c3ccc(Cl)cc3)c2)cn1.c1cn[nH]c1. The first-order valence-electron chi connectivity index (χ1n) is 25.8. The topological polar surface area (TPSA) is 334 Å². The summed E-state index contributed by atoms with van der Waals surface area (Å²) in [5.74, 6) is 1.48. The van der Waals surface area contributed by atoms with Gasteiger partial charge in [-0.25, -0.2) is 43.6 Å². The van der Waals surface area contributed by atoms with E-state index in [4.69, 9.17) is 96.8 Å². The fourth-order valence-electron chi connectivity index (χ4n) is 6.66. The molecule has 0 spiro atoms. The van der Waals surface area contributed by atoms with Crippen molar-refractivity contribution >= 4 is 120 Å². The van der Waals surface area contributed by atoms with E-state index >= 15 is 0 Å². The third kappa shape index (κ3) is 23.4. The number of benzene rings is 2. The molecule has 8 N–H and O–H groups in total. The maximum atomic E-state index is 8.71.